The fourth-order valence-electron chi connectivity index (χ4n) is 19.5. The Balaban J connectivity index is 0.000000144. The van der Waals surface area contributed by atoms with Gasteiger partial charge in [-0.25, -0.2) is 69.4 Å². The molecule has 3 atom stereocenters. The molecule has 0 N–H and O–H groups in total. The lowest BCUT2D eigenvalue weighted by Crippen LogP contribution is -2.54. The number of para-hydroxylation sites is 3. The van der Waals surface area contributed by atoms with E-state index in [4.69, 9.17) is 15.0 Å². The van der Waals surface area contributed by atoms with Crippen LogP contribution in [0.4, 0.5) is 49.5 Å². The molecule has 0 radical (unpaired) electrons. The normalized spacial score (nSPS) is 16.9. The lowest BCUT2D eigenvalue weighted by atomic mass is 9.92. The Morgan fingerprint density at radius 3 is 1.07 bits per heavy atom. The molecular formula is C102H104F6N16O7. The number of anilines is 4. The molecule has 3 fully saturated rings. The third-order valence-corrected chi connectivity index (χ3v) is 26.0. The van der Waals surface area contributed by atoms with E-state index in [9.17, 15) is 33.6 Å². The molecule has 18 rings (SSSR count). The zero-order chi connectivity index (χ0) is 93.0. The van der Waals surface area contributed by atoms with Crippen molar-refractivity contribution in [1.29, 1.82) is 0 Å². The molecule has 3 saturated heterocycles. The van der Waals surface area contributed by atoms with Crippen LogP contribution in [0.3, 0.4) is 0 Å². The molecule has 3 amide bonds. The second-order valence-electron chi connectivity index (χ2n) is 35.5. The third-order valence-electron chi connectivity index (χ3n) is 26.0. The molecule has 0 saturated carbocycles. The van der Waals surface area contributed by atoms with Crippen LogP contribution < -0.4 is 36.7 Å². The predicted molar refractivity (Wildman–Crippen MR) is 500 cm³/mol. The zero-order valence-electron chi connectivity index (χ0n) is 75.2. The molecule has 6 aromatic heterocycles. The maximum absolute atomic E-state index is 16.3. The summed E-state index contributed by atoms with van der Waals surface area (Å²) in [6, 6.07) is 34.7. The van der Waals surface area contributed by atoms with E-state index in [1.807, 2.05) is 122 Å². The van der Waals surface area contributed by atoms with Gasteiger partial charge < -0.3 is 34.3 Å². The smallest absolute Gasteiger partial charge is 0.355 e. The molecule has 131 heavy (non-hydrogen) atoms. The molecular weight excluding hydrogens is 1680 g/mol. The van der Waals surface area contributed by atoms with Crippen LogP contribution in [0.25, 0.3) is 83.9 Å². The highest BCUT2D eigenvalue weighted by Gasteiger charge is 2.38. The van der Waals surface area contributed by atoms with Crippen molar-refractivity contribution in [2.45, 2.75) is 156 Å². The highest BCUT2D eigenvalue weighted by Crippen LogP contribution is 2.44. The highest BCUT2D eigenvalue weighted by molar-refractivity contribution is 5.96. The van der Waals surface area contributed by atoms with E-state index in [2.05, 4.69) is 62.4 Å². The first kappa shape index (κ1) is 90.6. The molecule has 23 nitrogen and oxygen atoms in total. The van der Waals surface area contributed by atoms with Crippen LogP contribution in [-0.4, -0.2) is 172 Å². The van der Waals surface area contributed by atoms with Crippen LogP contribution in [0.15, 0.2) is 180 Å². The minimum atomic E-state index is -0.799. The number of pyridine rings is 3. The fraction of sp³-hybridized carbons (Fsp3) is 0.343. The Morgan fingerprint density at radius 2 is 0.695 bits per heavy atom. The van der Waals surface area contributed by atoms with Crippen LogP contribution in [0.5, 0.6) is 0 Å². The van der Waals surface area contributed by atoms with Crippen molar-refractivity contribution < 1.29 is 45.5 Å². The number of piperazine rings is 3. The van der Waals surface area contributed by atoms with E-state index in [1.165, 1.54) is 74.4 Å². The fourth-order valence-corrected chi connectivity index (χ4v) is 19.5. The molecule has 6 aliphatic rings. The lowest BCUT2D eigenvalue weighted by Gasteiger charge is -2.40. The predicted octanol–water partition coefficient (Wildman–Crippen LogP) is 16.5. The molecule has 0 spiro atoms. The van der Waals surface area contributed by atoms with E-state index in [-0.39, 0.29) is 134 Å². The molecule has 12 heterocycles. The standard InChI is InChI=1S/C34H36F2N6O2.C34H33F2N5O3.C34H35F2N5O2/c1-6-28(43)40-16-17-41(21(4)19-40)32-24-18-26(36)30-29-25(35)13-8-14-27(29)39(5)15-9-11-22-10-7-12-23(20(2)3)31(22)42(33(24)37-30)34(44)38-32;1-5-28(43)39-14-15-40(20(4)18-39)32-25-17-27(36)30-29-22(9-7-11-26(29)35)16-23(42)13-12-21-8-6-10-24(19(2)3)31(21)41(33(25)37-30)34(44)38-32;1-5-28(42)39-16-17-40(21(4)19-39)32-25-18-27(36)30-29-22(12-9-15-26(29)35)10-6-7-11-23-13-8-14-24(20(2)3)31(23)41(33(25)37-30)34(43)38-32/h6-8,10,12-14,18,20-21H,1,9,11,15-17,19H2,2-5H3;5-11,17,19-20H,1,12-16,18H2,2-4H3;5,8-9,12-15,18,20-21H,1,6-7,10-11,16-17,19H2,2-4H3/t21-;20-;21-/m000/s1. The first-order valence-corrected chi connectivity index (χ1v) is 44.8. The Bertz CT molecular complexity index is 6850. The number of nitrogens with zero attached hydrogens (tertiary/aromatic N) is 16. The summed E-state index contributed by atoms with van der Waals surface area (Å²) in [6.07, 6.45) is 8.50. The quantitative estimate of drug-likeness (QED) is 0.0965. The van der Waals surface area contributed by atoms with Crippen molar-refractivity contribution in [3.05, 3.63) is 276 Å². The van der Waals surface area contributed by atoms with Crippen LogP contribution in [0.1, 0.15) is 150 Å². The van der Waals surface area contributed by atoms with E-state index >= 15 is 26.3 Å². The highest BCUT2D eigenvalue weighted by atomic mass is 19.1. The SMILES string of the molecule is C=CC(=O)N1CCN(c2nc(=O)n3c4nc(c(F)cc24)-c2c(F)cccc2CC(=O)CCc2cccc(C(C)C)c2-3)[C@@H](C)C1.C=CC(=O)N1CCN(c2nc(=O)n3c4nc(c(F)cc24)-c2c(F)cccc2CCCCc2cccc(C(C)C)c2-3)[C@@H](C)C1.C=CC(=O)N1CCN(c2nc(=O)n3c4nc(c(F)cc24)-c2c(F)cccc2N(C)CCCc2cccc(C(C)C)c2-3)[C@@H](C)C1. The van der Waals surface area contributed by atoms with Crippen molar-refractivity contribution in [3.63, 3.8) is 0 Å². The Hall–Kier alpha value is -13.7. The Labute approximate surface area is 754 Å². The summed E-state index contributed by atoms with van der Waals surface area (Å²) < 4.78 is 99.5. The molecule has 6 aromatic carbocycles. The van der Waals surface area contributed by atoms with Gasteiger partial charge in [0.05, 0.1) is 38.8 Å². The summed E-state index contributed by atoms with van der Waals surface area (Å²) in [4.78, 5) is 133. The van der Waals surface area contributed by atoms with Gasteiger partial charge >= 0.3 is 17.1 Å². The van der Waals surface area contributed by atoms with Crippen LogP contribution in [-0.2, 0) is 51.3 Å². The summed E-state index contributed by atoms with van der Waals surface area (Å²) in [7, 11) is 1.87. The number of hydrogen-bond donors (Lipinski definition) is 0. The number of aryl methyl sites for hydroxylation is 4. The third kappa shape index (κ3) is 17.2. The van der Waals surface area contributed by atoms with Gasteiger partial charge in [-0.1, -0.05) is 146 Å². The van der Waals surface area contributed by atoms with Gasteiger partial charge in [-0.05, 0) is 189 Å². The number of Topliss-reactive ketones (excluding diaryl/α,β-unsaturated/α-hetero) is 1. The van der Waals surface area contributed by atoms with Gasteiger partial charge in [-0.2, -0.15) is 15.0 Å². The average Bonchev–Trinajstić information content (AvgIpc) is 0.739. The largest absolute Gasteiger partial charge is 0.374 e. The second-order valence-corrected chi connectivity index (χ2v) is 35.5. The number of hydrogen-bond acceptors (Lipinski definition) is 17. The van der Waals surface area contributed by atoms with Crippen molar-refractivity contribution in [2.24, 2.45) is 0 Å². The van der Waals surface area contributed by atoms with E-state index in [1.54, 1.807) is 39.0 Å². The van der Waals surface area contributed by atoms with Gasteiger partial charge in [-0.15, -0.1) is 0 Å². The van der Waals surface area contributed by atoms with Gasteiger partial charge in [-0.3, -0.25) is 19.2 Å². The van der Waals surface area contributed by atoms with Crippen molar-refractivity contribution in [2.75, 3.05) is 92.1 Å². The Morgan fingerprint density at radius 1 is 0.374 bits per heavy atom. The number of aromatic nitrogens is 9. The first-order chi connectivity index (χ1) is 62.9. The van der Waals surface area contributed by atoms with Crippen LogP contribution in [0.2, 0.25) is 0 Å². The maximum atomic E-state index is 16.3. The minimum absolute atomic E-state index is 0.0104. The maximum Gasteiger partial charge on any atom is 0.355 e. The van der Waals surface area contributed by atoms with Gasteiger partial charge in [0, 0.05) is 120 Å². The molecule has 12 aromatic rings. The lowest BCUT2D eigenvalue weighted by molar-refractivity contribution is -0.127. The molecule has 6 bridgehead atoms. The van der Waals surface area contributed by atoms with Gasteiger partial charge in [0.25, 0.3) is 0 Å². The second kappa shape index (κ2) is 37.4. The molecule has 6 aliphatic heterocycles. The molecule has 0 unspecified atom stereocenters. The summed E-state index contributed by atoms with van der Waals surface area (Å²) >= 11 is 0. The number of ketones is 1. The summed E-state index contributed by atoms with van der Waals surface area (Å²) in [6.45, 7) is 32.8. The minimum Gasteiger partial charge on any atom is -0.374 e. The molecule has 676 valence electrons. The summed E-state index contributed by atoms with van der Waals surface area (Å²) in [5.74, 6) is -3.75. The van der Waals surface area contributed by atoms with Crippen LogP contribution >= 0.6 is 0 Å². The Kier molecular flexibility index (Phi) is 25.9. The number of rotatable bonds is 9. The summed E-state index contributed by atoms with van der Waals surface area (Å²) in [5.41, 5.74) is 7.32. The number of halogens is 6. The van der Waals surface area contributed by atoms with Gasteiger partial charge in [0.15, 0.2) is 22.8 Å². The molecule has 29 heteroatoms. The molecule has 0 aliphatic carbocycles. The first-order valence-electron chi connectivity index (χ1n) is 44.8. The van der Waals surface area contributed by atoms with E-state index < -0.39 is 52.0 Å². The number of amides is 3. The van der Waals surface area contributed by atoms with Crippen LogP contribution in [0, 0.1) is 34.9 Å². The van der Waals surface area contributed by atoms with Gasteiger partial charge in [0.1, 0.15) is 69.4 Å². The monoisotopic (exact) mass is 1780 g/mol. The topological polar surface area (TPSA) is 234 Å². The number of fused-ring (bicyclic) bond motifs is 15. The number of carbonyl (C=O) groups is 4. The number of carbonyl (C=O) groups excluding carboxylic acids is 4. The summed E-state index contributed by atoms with van der Waals surface area (Å²) in [5, 5.41) is 0.987. The zero-order valence-corrected chi connectivity index (χ0v) is 75.2. The number of benzene rings is 6. The van der Waals surface area contributed by atoms with Gasteiger partial charge in [0.2, 0.25) is 17.7 Å². The average molecular weight is 1780 g/mol. The van der Waals surface area contributed by atoms with Crippen molar-refractivity contribution in [1.82, 2.24) is 58.3 Å². The van der Waals surface area contributed by atoms with Crippen molar-refractivity contribution >= 4 is 79.7 Å². The van der Waals surface area contributed by atoms with Crippen molar-refractivity contribution in [3.8, 4) is 50.8 Å². The van der Waals surface area contributed by atoms with E-state index in [0.29, 0.717) is 147 Å². The van der Waals surface area contributed by atoms with E-state index in [0.717, 1.165) is 52.6 Å².